The molecule has 1 aromatic heterocycles. The highest BCUT2D eigenvalue weighted by atomic mass is 28.3. The van der Waals surface area contributed by atoms with Gasteiger partial charge in [-0.15, -0.1) is 0 Å². The molecule has 3 aliphatic heterocycles. The highest BCUT2D eigenvalue weighted by Gasteiger charge is 2.51. The van der Waals surface area contributed by atoms with Gasteiger partial charge in [0.25, 0.3) is 5.91 Å². The summed E-state index contributed by atoms with van der Waals surface area (Å²) in [5.41, 5.74) is 3.25. The highest BCUT2D eigenvalue weighted by molar-refractivity contribution is 6.76. The van der Waals surface area contributed by atoms with Crippen LogP contribution in [0.3, 0.4) is 0 Å². The van der Waals surface area contributed by atoms with Gasteiger partial charge in [0.15, 0.2) is 0 Å². The van der Waals surface area contributed by atoms with Crippen LogP contribution in [0.4, 0.5) is 0 Å². The van der Waals surface area contributed by atoms with E-state index >= 15 is 0 Å². The number of pyridine rings is 1. The lowest BCUT2D eigenvalue weighted by Gasteiger charge is -2.37. The molecule has 1 unspecified atom stereocenters. The first-order valence-corrected chi connectivity index (χ1v) is 20.4. The minimum absolute atomic E-state index is 0.164. The molecule has 45 heavy (non-hydrogen) atoms. The van der Waals surface area contributed by atoms with Crippen LogP contribution < -0.4 is 10.2 Å². The van der Waals surface area contributed by atoms with E-state index in [9.17, 15) is 4.79 Å². The number of benzene rings is 1. The van der Waals surface area contributed by atoms with Crippen LogP contribution in [0.5, 0.6) is 5.88 Å². The Balaban J connectivity index is 1.07. The van der Waals surface area contributed by atoms with Crippen molar-refractivity contribution >= 4 is 32.6 Å². The summed E-state index contributed by atoms with van der Waals surface area (Å²) in [6.45, 7) is 20.0. The third kappa shape index (κ3) is 8.46. The maximum absolute atomic E-state index is 13.4. The summed E-state index contributed by atoms with van der Waals surface area (Å²) in [4.78, 5) is 22.4. The molecule has 3 aliphatic rings. The van der Waals surface area contributed by atoms with Crippen LogP contribution in [0, 0.1) is 0 Å². The lowest BCUT2D eigenvalue weighted by molar-refractivity contribution is 0.000662. The number of rotatable bonds is 13. The normalized spacial score (nSPS) is 21.6. The number of carbonyl (C=O) groups is 1. The average Bonchev–Trinajstić information content (AvgIpc) is 3.44. The Kier molecular flexibility index (Phi) is 10.6. The molecule has 0 aliphatic carbocycles. The Bertz CT molecular complexity index is 1330. The number of ether oxygens (including phenoxy) is 2. The van der Waals surface area contributed by atoms with E-state index in [0.29, 0.717) is 25.8 Å². The number of fused-ring (bicyclic) bond motifs is 1. The van der Waals surface area contributed by atoms with Gasteiger partial charge in [0, 0.05) is 57.6 Å². The zero-order chi connectivity index (χ0) is 32.2. The van der Waals surface area contributed by atoms with Crippen LogP contribution in [0.1, 0.15) is 74.9 Å². The molecule has 2 aromatic rings. The second-order valence-corrected chi connectivity index (χ2v) is 20.6. The molecule has 8 nitrogen and oxygen atoms in total. The molecule has 0 radical (unpaired) electrons. The molecule has 0 N–H and O–H groups in total. The van der Waals surface area contributed by atoms with E-state index in [1.807, 2.05) is 52.0 Å². The number of unbranched alkanes of at least 4 members (excludes halogenated alkanes) is 1. The fourth-order valence-electron chi connectivity index (χ4n) is 5.99. The van der Waals surface area contributed by atoms with Gasteiger partial charge in [0.2, 0.25) is 5.88 Å². The maximum atomic E-state index is 13.4. The molecule has 1 amide bonds. The first-order chi connectivity index (χ1) is 21.3. The smallest absolute Gasteiger partial charge is 0.478 e. The standard InChI is InChI=1S/C35H52BN3O5Si/c1-34(2)35(3,4)44-36(43-34)28-17-18-32(37-23-28)42-20-10-8-9-13-27-14-11-16-30-31(27)25-39(33(30)40)29-15-12-19-38(24-29)26-41-21-22-45(5,6)7/h9,11,13-14,16-18,23,29H,8,10,12,15,19-22,24-26H2,1-7H3/b13-9+. The van der Waals surface area contributed by atoms with E-state index < -0.39 is 15.2 Å². The van der Waals surface area contributed by atoms with Gasteiger partial charge < -0.3 is 23.7 Å². The fourth-order valence-corrected chi connectivity index (χ4v) is 6.74. The van der Waals surface area contributed by atoms with Crippen molar-refractivity contribution < 1.29 is 23.6 Å². The molecule has 1 aromatic carbocycles. The number of piperidine rings is 1. The first kappa shape index (κ1) is 33.9. The summed E-state index contributed by atoms with van der Waals surface area (Å²) >= 11 is 0. The van der Waals surface area contributed by atoms with Gasteiger partial charge in [-0.3, -0.25) is 9.69 Å². The van der Waals surface area contributed by atoms with Crippen LogP contribution >= 0.6 is 0 Å². The van der Waals surface area contributed by atoms with E-state index in [4.69, 9.17) is 18.8 Å². The van der Waals surface area contributed by atoms with Crippen LogP contribution in [-0.4, -0.2) is 86.2 Å². The Morgan fingerprint density at radius 1 is 1.09 bits per heavy atom. The van der Waals surface area contributed by atoms with Crippen molar-refractivity contribution in [3.63, 3.8) is 0 Å². The lowest BCUT2D eigenvalue weighted by Crippen LogP contribution is -2.48. The van der Waals surface area contributed by atoms with Gasteiger partial charge in [-0.1, -0.05) is 50.0 Å². The number of allylic oxidation sites excluding steroid dienone is 1. The van der Waals surface area contributed by atoms with Crippen molar-refractivity contribution in [3.05, 3.63) is 59.3 Å². The van der Waals surface area contributed by atoms with Gasteiger partial charge in [0.05, 0.1) is 24.5 Å². The van der Waals surface area contributed by atoms with E-state index in [1.54, 1.807) is 6.20 Å². The molecule has 244 valence electrons. The van der Waals surface area contributed by atoms with Crippen molar-refractivity contribution in [2.45, 2.75) is 103 Å². The molecule has 4 heterocycles. The second-order valence-electron chi connectivity index (χ2n) is 14.9. The average molecular weight is 634 g/mol. The number of hydrogen-bond donors (Lipinski definition) is 0. The van der Waals surface area contributed by atoms with Crippen molar-refractivity contribution in [2.75, 3.05) is 33.0 Å². The number of likely N-dealkylation sites (tertiary alicyclic amines) is 1. The third-order valence-electron chi connectivity index (χ3n) is 9.57. The number of carbonyl (C=O) groups excluding carboxylic acids is 1. The van der Waals surface area contributed by atoms with E-state index in [1.165, 1.54) is 6.04 Å². The van der Waals surface area contributed by atoms with Crippen LogP contribution in [0.15, 0.2) is 42.6 Å². The summed E-state index contributed by atoms with van der Waals surface area (Å²) in [6, 6.07) is 11.3. The Hall–Kier alpha value is -2.50. The molecular weight excluding hydrogens is 581 g/mol. The van der Waals surface area contributed by atoms with Crippen molar-refractivity contribution in [2.24, 2.45) is 0 Å². The van der Waals surface area contributed by atoms with E-state index in [2.05, 4.69) is 52.6 Å². The summed E-state index contributed by atoms with van der Waals surface area (Å²) in [7, 11) is -1.52. The minimum Gasteiger partial charge on any atom is -0.478 e. The molecule has 10 heteroatoms. The zero-order valence-electron chi connectivity index (χ0n) is 28.4. The minimum atomic E-state index is -1.09. The zero-order valence-corrected chi connectivity index (χ0v) is 29.4. The van der Waals surface area contributed by atoms with Gasteiger partial charge in [-0.2, -0.15) is 0 Å². The molecule has 5 rings (SSSR count). The van der Waals surface area contributed by atoms with Gasteiger partial charge in [-0.25, -0.2) is 4.98 Å². The van der Waals surface area contributed by atoms with Crippen LogP contribution in [-0.2, 0) is 20.6 Å². The number of hydrogen-bond acceptors (Lipinski definition) is 7. The third-order valence-corrected chi connectivity index (χ3v) is 11.3. The predicted molar refractivity (Wildman–Crippen MR) is 184 cm³/mol. The van der Waals surface area contributed by atoms with Gasteiger partial charge >= 0.3 is 7.12 Å². The molecule has 2 saturated heterocycles. The van der Waals surface area contributed by atoms with Crippen LogP contribution in [0.2, 0.25) is 25.7 Å². The highest BCUT2D eigenvalue weighted by Crippen LogP contribution is 2.36. The number of aromatic nitrogens is 1. The number of nitrogens with zero attached hydrogens (tertiary/aromatic N) is 3. The molecular formula is C35H52BN3O5Si. The van der Waals surface area contributed by atoms with E-state index in [0.717, 1.165) is 67.5 Å². The summed E-state index contributed by atoms with van der Waals surface area (Å²) < 4.78 is 24.1. The van der Waals surface area contributed by atoms with Gasteiger partial charge in [-0.05, 0) is 82.7 Å². The second kappa shape index (κ2) is 14.1. The van der Waals surface area contributed by atoms with Gasteiger partial charge in [0.1, 0.15) is 0 Å². The Morgan fingerprint density at radius 3 is 2.58 bits per heavy atom. The summed E-state index contributed by atoms with van der Waals surface area (Å²) in [5.74, 6) is 0.760. The molecule has 2 fully saturated rings. The van der Waals surface area contributed by atoms with Crippen molar-refractivity contribution in [3.8, 4) is 5.88 Å². The monoisotopic (exact) mass is 633 g/mol. The Morgan fingerprint density at radius 2 is 1.87 bits per heavy atom. The molecule has 1 atom stereocenters. The Labute approximate surface area is 271 Å². The SMILES string of the molecule is CC1(C)OB(c2ccc(OCCC/C=C/c3cccc4c3CN(C3CCCN(COCC[Si](C)(C)C)C3)C4=O)nc2)OC1(C)C. The van der Waals surface area contributed by atoms with Crippen molar-refractivity contribution in [1.82, 2.24) is 14.8 Å². The topological polar surface area (TPSA) is 73.4 Å². The quantitative estimate of drug-likeness (QED) is 0.198. The lowest BCUT2D eigenvalue weighted by atomic mass is 9.80. The summed E-state index contributed by atoms with van der Waals surface area (Å²) in [5, 5.41) is 0. The molecule has 0 spiro atoms. The van der Waals surface area contributed by atoms with Crippen molar-refractivity contribution in [1.29, 1.82) is 0 Å². The molecule has 0 bridgehead atoms. The molecule has 0 saturated carbocycles. The largest absolute Gasteiger partial charge is 0.496 e. The summed E-state index contributed by atoms with van der Waals surface area (Å²) in [6.07, 6.45) is 10.0. The number of amides is 1. The first-order valence-electron chi connectivity index (χ1n) is 16.7. The van der Waals surface area contributed by atoms with E-state index in [-0.39, 0.29) is 23.2 Å². The predicted octanol–water partition coefficient (Wildman–Crippen LogP) is 5.99. The fraction of sp³-hybridized carbons (Fsp3) is 0.600. The van der Waals surface area contributed by atoms with Crippen LogP contribution in [0.25, 0.3) is 6.08 Å². The maximum Gasteiger partial charge on any atom is 0.496 e.